The van der Waals surface area contributed by atoms with Gasteiger partial charge < -0.3 is 9.64 Å². The monoisotopic (exact) mass is 256 g/mol. The fraction of sp³-hybridized carbons (Fsp3) is 0.667. The highest BCUT2D eigenvalue weighted by Crippen LogP contribution is 2.29. The van der Waals surface area contributed by atoms with E-state index in [-0.39, 0.29) is 5.97 Å². The predicted molar refractivity (Wildman–Crippen MR) is 70.7 cm³/mol. The van der Waals surface area contributed by atoms with Gasteiger partial charge in [-0.1, -0.05) is 0 Å². The van der Waals surface area contributed by atoms with Crippen LogP contribution in [0.3, 0.4) is 0 Å². The molecule has 0 amide bonds. The molecule has 0 fully saturated rings. The van der Waals surface area contributed by atoms with Crippen molar-refractivity contribution in [2.75, 3.05) is 25.1 Å². The minimum Gasteiger partial charge on any atom is -0.465 e. The van der Waals surface area contributed by atoms with Crippen LogP contribution in [0, 0.1) is 0 Å². The Balaban J connectivity index is 2.92. The normalized spacial score (nSPS) is 11.4. The molecule has 0 atom stereocenters. The number of aromatic nitrogens is 1. The number of ether oxygens (including phenoxy) is 1. The molecule has 0 spiro atoms. The summed E-state index contributed by atoms with van der Waals surface area (Å²) in [4.78, 5) is 18.4. The van der Waals surface area contributed by atoms with Crippen LogP contribution < -0.4 is 4.90 Å². The minimum atomic E-state index is -0.681. The molecule has 0 N–H and O–H groups in total. The van der Waals surface area contributed by atoms with E-state index in [0.717, 1.165) is 17.4 Å². The molecule has 0 saturated carbocycles. The zero-order valence-electron chi connectivity index (χ0n) is 11.1. The first-order chi connectivity index (χ1) is 7.93. The van der Waals surface area contributed by atoms with E-state index in [1.807, 2.05) is 33.2 Å². The van der Waals surface area contributed by atoms with Crippen LogP contribution in [0.25, 0.3) is 0 Å². The molecule has 0 unspecified atom stereocenters. The summed E-state index contributed by atoms with van der Waals surface area (Å²) in [6, 6.07) is 0. The van der Waals surface area contributed by atoms with Gasteiger partial charge in [0.05, 0.1) is 12.3 Å². The first-order valence-corrected chi connectivity index (χ1v) is 6.65. The number of rotatable bonds is 5. The molecule has 0 aliphatic rings. The van der Waals surface area contributed by atoms with E-state index >= 15 is 0 Å². The van der Waals surface area contributed by atoms with Crippen molar-refractivity contribution in [1.29, 1.82) is 0 Å². The lowest BCUT2D eigenvalue weighted by Crippen LogP contribution is -2.31. The largest absolute Gasteiger partial charge is 0.465 e. The Morgan fingerprint density at radius 1 is 1.53 bits per heavy atom. The van der Waals surface area contributed by atoms with Gasteiger partial charge in [0.2, 0.25) is 0 Å². The van der Waals surface area contributed by atoms with Crippen LogP contribution in [0.2, 0.25) is 0 Å². The first-order valence-electron chi connectivity index (χ1n) is 5.77. The molecule has 1 rings (SSSR count). The van der Waals surface area contributed by atoms with Crippen LogP contribution in [0.15, 0.2) is 5.38 Å². The Hall–Kier alpha value is -1.10. The fourth-order valence-corrected chi connectivity index (χ4v) is 2.30. The zero-order chi connectivity index (χ0) is 13.1. The summed E-state index contributed by atoms with van der Waals surface area (Å²) in [5.74, 6) is -0.226. The van der Waals surface area contributed by atoms with Gasteiger partial charge in [-0.25, -0.2) is 4.98 Å². The third-order valence-corrected chi connectivity index (χ3v) is 3.67. The van der Waals surface area contributed by atoms with Crippen LogP contribution in [-0.4, -0.2) is 31.2 Å². The van der Waals surface area contributed by atoms with Gasteiger partial charge in [0.15, 0.2) is 5.13 Å². The van der Waals surface area contributed by atoms with E-state index < -0.39 is 5.41 Å². The van der Waals surface area contributed by atoms with Gasteiger partial charge in [-0.05, 0) is 27.7 Å². The van der Waals surface area contributed by atoms with Gasteiger partial charge >= 0.3 is 5.97 Å². The topological polar surface area (TPSA) is 42.4 Å². The van der Waals surface area contributed by atoms with Crippen molar-refractivity contribution in [2.24, 2.45) is 0 Å². The standard InChI is InChI=1S/C12H20N2O2S/c1-6-14(5)11-13-9(8-17-11)12(3,4)10(15)16-7-2/h8H,6-7H2,1-5H3. The number of carbonyl (C=O) groups is 1. The molecule has 0 radical (unpaired) electrons. The van der Waals surface area contributed by atoms with Gasteiger partial charge in [0, 0.05) is 19.0 Å². The summed E-state index contributed by atoms with van der Waals surface area (Å²) < 4.78 is 5.07. The molecule has 0 aliphatic heterocycles. The van der Waals surface area contributed by atoms with Gasteiger partial charge in [0.25, 0.3) is 0 Å². The van der Waals surface area contributed by atoms with Crippen molar-refractivity contribution in [3.05, 3.63) is 11.1 Å². The summed E-state index contributed by atoms with van der Waals surface area (Å²) in [7, 11) is 1.99. The van der Waals surface area contributed by atoms with E-state index in [1.165, 1.54) is 0 Å². The van der Waals surface area contributed by atoms with Crippen molar-refractivity contribution in [3.63, 3.8) is 0 Å². The van der Waals surface area contributed by atoms with Crippen LogP contribution in [-0.2, 0) is 14.9 Å². The third kappa shape index (κ3) is 2.97. The maximum Gasteiger partial charge on any atom is 0.317 e. The Morgan fingerprint density at radius 2 is 2.18 bits per heavy atom. The molecule has 1 aromatic rings. The summed E-state index contributed by atoms with van der Waals surface area (Å²) >= 11 is 1.55. The molecular formula is C12H20N2O2S. The smallest absolute Gasteiger partial charge is 0.317 e. The fourth-order valence-electron chi connectivity index (χ4n) is 1.28. The summed E-state index contributed by atoms with van der Waals surface area (Å²) in [5.41, 5.74) is 0.0931. The SMILES string of the molecule is CCOC(=O)C(C)(C)c1csc(N(C)CC)n1. The molecule has 0 aliphatic carbocycles. The summed E-state index contributed by atoms with van der Waals surface area (Å²) in [6.45, 7) is 8.86. The number of hydrogen-bond donors (Lipinski definition) is 0. The molecule has 1 heterocycles. The third-order valence-electron chi connectivity index (χ3n) is 2.72. The second-order valence-electron chi connectivity index (χ2n) is 4.37. The molecule has 1 aromatic heterocycles. The average molecular weight is 256 g/mol. The minimum absolute atomic E-state index is 0.226. The Kier molecular flexibility index (Phi) is 4.51. The first kappa shape index (κ1) is 14.0. The summed E-state index contributed by atoms with van der Waals surface area (Å²) in [6.07, 6.45) is 0. The van der Waals surface area contributed by atoms with Crippen LogP contribution in [0.5, 0.6) is 0 Å². The van der Waals surface area contributed by atoms with Gasteiger partial charge in [-0.3, -0.25) is 4.79 Å². The molecule has 96 valence electrons. The van der Waals surface area contributed by atoms with Crippen molar-refractivity contribution in [1.82, 2.24) is 4.98 Å². The maximum atomic E-state index is 11.8. The van der Waals surface area contributed by atoms with Crippen molar-refractivity contribution in [2.45, 2.75) is 33.1 Å². The van der Waals surface area contributed by atoms with E-state index in [4.69, 9.17) is 4.74 Å². The summed E-state index contributed by atoms with van der Waals surface area (Å²) in [5, 5.41) is 2.86. The quantitative estimate of drug-likeness (QED) is 0.759. The lowest BCUT2D eigenvalue weighted by atomic mass is 9.90. The lowest BCUT2D eigenvalue weighted by molar-refractivity contribution is -0.148. The number of anilines is 1. The van der Waals surface area contributed by atoms with Crippen molar-refractivity contribution >= 4 is 22.4 Å². The molecule has 4 nitrogen and oxygen atoms in total. The molecule has 0 bridgehead atoms. The molecule has 17 heavy (non-hydrogen) atoms. The Morgan fingerprint density at radius 3 is 2.71 bits per heavy atom. The van der Waals surface area contributed by atoms with Crippen LogP contribution in [0.1, 0.15) is 33.4 Å². The number of hydrogen-bond acceptors (Lipinski definition) is 5. The molecule has 0 aromatic carbocycles. The number of carbonyl (C=O) groups excluding carboxylic acids is 1. The van der Waals surface area contributed by atoms with Crippen molar-refractivity contribution < 1.29 is 9.53 Å². The average Bonchev–Trinajstić information content (AvgIpc) is 2.78. The van der Waals surface area contributed by atoms with E-state index in [1.54, 1.807) is 11.3 Å². The highest BCUT2D eigenvalue weighted by atomic mass is 32.1. The van der Waals surface area contributed by atoms with Crippen molar-refractivity contribution in [3.8, 4) is 0 Å². The Labute approximate surface area is 107 Å². The highest BCUT2D eigenvalue weighted by molar-refractivity contribution is 7.13. The second kappa shape index (κ2) is 5.49. The number of esters is 1. The highest BCUT2D eigenvalue weighted by Gasteiger charge is 2.34. The van der Waals surface area contributed by atoms with E-state index in [0.29, 0.717) is 6.61 Å². The lowest BCUT2D eigenvalue weighted by Gasteiger charge is -2.20. The van der Waals surface area contributed by atoms with Gasteiger partial charge in [-0.15, -0.1) is 11.3 Å². The van der Waals surface area contributed by atoms with Crippen LogP contribution in [0.4, 0.5) is 5.13 Å². The van der Waals surface area contributed by atoms with E-state index in [2.05, 4.69) is 16.8 Å². The van der Waals surface area contributed by atoms with Gasteiger partial charge in [-0.2, -0.15) is 0 Å². The second-order valence-corrected chi connectivity index (χ2v) is 5.21. The number of thiazole rings is 1. The zero-order valence-corrected chi connectivity index (χ0v) is 11.9. The maximum absolute atomic E-state index is 11.8. The van der Waals surface area contributed by atoms with Gasteiger partial charge in [0.1, 0.15) is 5.41 Å². The molecular weight excluding hydrogens is 236 g/mol. The molecule has 0 saturated heterocycles. The molecule has 5 heteroatoms. The predicted octanol–water partition coefficient (Wildman–Crippen LogP) is 2.44. The van der Waals surface area contributed by atoms with Crippen LogP contribution >= 0.6 is 11.3 Å². The Bertz CT molecular complexity index is 388. The number of nitrogens with zero attached hydrogens (tertiary/aromatic N) is 2. The van der Waals surface area contributed by atoms with E-state index in [9.17, 15) is 4.79 Å².